The first-order valence-electron chi connectivity index (χ1n) is 14.2. The Morgan fingerprint density at radius 1 is 1.16 bits per heavy atom. The first kappa shape index (κ1) is 25.0. The molecule has 1 aromatic rings. The zero-order valence-corrected chi connectivity index (χ0v) is 22.7. The number of rotatable bonds is 4. The van der Waals surface area contributed by atoms with E-state index in [4.69, 9.17) is 16.7 Å². The molecular weight excluding hydrogens is 484 g/mol. The van der Waals surface area contributed by atoms with E-state index in [-0.39, 0.29) is 11.8 Å². The lowest BCUT2D eigenvalue weighted by molar-refractivity contribution is -0.135. The number of nitriles is 1. The Balaban J connectivity index is 1.08. The fourth-order valence-corrected chi connectivity index (χ4v) is 7.81. The summed E-state index contributed by atoms with van der Waals surface area (Å²) in [5.74, 6) is 2.33. The molecule has 2 atom stereocenters. The summed E-state index contributed by atoms with van der Waals surface area (Å²) >= 11 is 6.40. The molecule has 3 aliphatic heterocycles. The molecule has 1 amide bonds. The van der Waals surface area contributed by atoms with Gasteiger partial charge in [-0.3, -0.25) is 9.80 Å². The number of amides is 1. The van der Waals surface area contributed by atoms with Crippen molar-refractivity contribution in [3.63, 3.8) is 0 Å². The summed E-state index contributed by atoms with van der Waals surface area (Å²) in [5, 5.41) is 20.5. The second kappa shape index (κ2) is 10.1. The summed E-state index contributed by atoms with van der Waals surface area (Å²) in [4.78, 5) is 17.6. The number of piperidine rings is 1. The largest absolute Gasteiger partial charge is 0.359 e. The molecule has 4 fully saturated rings. The number of likely N-dealkylation sites (tertiary alicyclic amines) is 2. The van der Waals surface area contributed by atoms with E-state index in [9.17, 15) is 10.1 Å². The van der Waals surface area contributed by atoms with Crippen LogP contribution in [-0.4, -0.2) is 66.9 Å². The molecule has 1 spiro atoms. The van der Waals surface area contributed by atoms with Crippen LogP contribution in [0.15, 0.2) is 23.3 Å². The molecule has 0 bridgehead atoms. The van der Waals surface area contributed by atoms with E-state index in [2.05, 4.69) is 33.2 Å². The van der Waals surface area contributed by atoms with E-state index < -0.39 is 0 Å². The maximum absolute atomic E-state index is 12.8. The van der Waals surface area contributed by atoms with E-state index in [0.29, 0.717) is 34.0 Å². The number of carbonyl (C=O) groups is 1. The van der Waals surface area contributed by atoms with Gasteiger partial charge in [0.05, 0.1) is 22.3 Å². The highest BCUT2D eigenvalue weighted by atomic mass is 35.5. The first-order valence-corrected chi connectivity index (χ1v) is 14.6. The number of hydrogen-bond acceptors (Lipinski definition) is 6. The van der Waals surface area contributed by atoms with E-state index >= 15 is 0 Å². The number of hydrogen-bond donors (Lipinski definition) is 1. The third-order valence-electron chi connectivity index (χ3n) is 9.87. The van der Waals surface area contributed by atoms with Crippen LogP contribution in [0.25, 0.3) is 0 Å². The quantitative estimate of drug-likeness (QED) is 0.625. The topological polar surface area (TPSA) is 75.0 Å². The van der Waals surface area contributed by atoms with Crippen LogP contribution in [0.1, 0.15) is 69.8 Å². The van der Waals surface area contributed by atoms with Gasteiger partial charge in [-0.2, -0.15) is 10.4 Å². The summed E-state index contributed by atoms with van der Waals surface area (Å²) < 4.78 is 0. The highest BCUT2D eigenvalue weighted by Crippen LogP contribution is 2.53. The Morgan fingerprint density at radius 3 is 2.57 bits per heavy atom. The average Bonchev–Trinajstić information content (AvgIpc) is 3.63. The molecule has 1 aromatic carbocycles. The molecule has 0 aromatic heterocycles. The van der Waals surface area contributed by atoms with Crippen molar-refractivity contribution in [2.24, 2.45) is 22.4 Å². The second-order valence-electron chi connectivity index (χ2n) is 12.3. The van der Waals surface area contributed by atoms with Crippen molar-refractivity contribution in [2.45, 2.75) is 76.3 Å². The van der Waals surface area contributed by atoms with Gasteiger partial charge < -0.3 is 15.1 Å². The molecule has 2 saturated carbocycles. The fourth-order valence-electron chi connectivity index (χ4n) is 7.59. The molecule has 0 radical (unpaired) electrons. The third-order valence-corrected chi connectivity index (χ3v) is 10.2. The molecule has 8 heteroatoms. The number of benzene rings is 1. The second-order valence-corrected chi connectivity index (χ2v) is 12.7. The van der Waals surface area contributed by atoms with E-state index in [1.807, 2.05) is 18.2 Å². The zero-order valence-electron chi connectivity index (χ0n) is 22.0. The van der Waals surface area contributed by atoms with Crippen LogP contribution in [0.5, 0.6) is 0 Å². The van der Waals surface area contributed by atoms with Crippen LogP contribution < -0.4 is 10.3 Å². The fraction of sp³-hybridized carbons (Fsp3) is 0.690. The smallest absolute Gasteiger partial charge is 0.223 e. The number of nitrogens with one attached hydrogen (secondary N) is 1. The SMILES string of the molecule is CN1CCC(NC(=O)C2CC3(CCN(C4=NN(c5ccc(C#N)c(Cl)c5)C(C5CCCC5)C4)CC3)C2)C1. The lowest BCUT2D eigenvalue weighted by atomic mass is 9.57. The highest BCUT2D eigenvalue weighted by Gasteiger charge is 2.49. The van der Waals surface area contributed by atoms with Gasteiger partial charge in [-0.15, -0.1) is 0 Å². The number of carbonyl (C=O) groups excluding carboxylic acids is 1. The van der Waals surface area contributed by atoms with Crippen molar-refractivity contribution in [3.8, 4) is 6.07 Å². The Bertz CT molecular complexity index is 1090. The van der Waals surface area contributed by atoms with E-state index in [1.165, 1.54) is 31.5 Å². The van der Waals surface area contributed by atoms with Crippen molar-refractivity contribution in [3.05, 3.63) is 28.8 Å². The first-order chi connectivity index (χ1) is 17.9. The van der Waals surface area contributed by atoms with Crippen molar-refractivity contribution >= 4 is 29.0 Å². The zero-order chi connectivity index (χ0) is 25.6. The Kier molecular flexibility index (Phi) is 6.83. The molecular formula is C29H39ClN6O. The van der Waals surface area contributed by atoms with Gasteiger partial charge in [0, 0.05) is 38.0 Å². The summed E-state index contributed by atoms with van der Waals surface area (Å²) in [6, 6.07) is 8.58. The molecule has 37 heavy (non-hydrogen) atoms. The highest BCUT2D eigenvalue weighted by molar-refractivity contribution is 6.32. The maximum atomic E-state index is 12.8. The van der Waals surface area contributed by atoms with E-state index in [1.54, 1.807) is 0 Å². The predicted octanol–water partition coefficient (Wildman–Crippen LogP) is 4.61. The Morgan fingerprint density at radius 2 is 1.92 bits per heavy atom. The number of halogens is 1. The maximum Gasteiger partial charge on any atom is 0.223 e. The lowest BCUT2D eigenvalue weighted by Gasteiger charge is -2.52. The average molecular weight is 523 g/mol. The number of hydrazone groups is 1. The Labute approximate surface area is 225 Å². The summed E-state index contributed by atoms with van der Waals surface area (Å²) in [6.07, 6.45) is 11.6. The molecule has 2 unspecified atom stereocenters. The van der Waals surface area contributed by atoms with Crippen molar-refractivity contribution in [1.29, 1.82) is 5.26 Å². The molecule has 6 rings (SSSR count). The third kappa shape index (κ3) is 4.95. The van der Waals surface area contributed by atoms with Gasteiger partial charge in [-0.05, 0) is 88.1 Å². The van der Waals surface area contributed by atoms with Gasteiger partial charge in [-0.1, -0.05) is 24.4 Å². The van der Waals surface area contributed by atoms with Gasteiger partial charge in [0.25, 0.3) is 0 Å². The standard InChI is InChI=1S/C29H39ClN6O/c1-34-11-8-23(19-34)32-28(37)22-16-29(17-22)9-12-35(13-10-29)27-15-26(20-4-2-3-5-20)36(33-27)24-7-6-21(18-31)25(30)14-24/h6-7,14,20,22-23,26H,2-5,8-13,15-17,19H2,1H3,(H,32,37). The number of nitrogens with zero attached hydrogens (tertiary/aromatic N) is 5. The van der Waals surface area contributed by atoms with Crippen molar-refractivity contribution in [2.75, 3.05) is 38.2 Å². The van der Waals surface area contributed by atoms with Gasteiger partial charge in [0.1, 0.15) is 11.9 Å². The molecule has 5 aliphatic rings. The van der Waals surface area contributed by atoms with Crippen molar-refractivity contribution < 1.29 is 4.79 Å². The van der Waals surface area contributed by atoms with Crippen LogP contribution in [-0.2, 0) is 4.79 Å². The summed E-state index contributed by atoms with van der Waals surface area (Å²) in [6.45, 7) is 4.12. The normalized spacial score (nSPS) is 28.4. The summed E-state index contributed by atoms with van der Waals surface area (Å²) in [5.41, 5.74) is 1.84. The predicted molar refractivity (Wildman–Crippen MR) is 146 cm³/mol. The van der Waals surface area contributed by atoms with Gasteiger partial charge in [0.15, 0.2) is 0 Å². The minimum Gasteiger partial charge on any atom is -0.359 e. The number of anilines is 1. The lowest BCUT2D eigenvalue weighted by Crippen LogP contribution is -2.53. The Hall–Kier alpha value is -2.30. The van der Waals surface area contributed by atoms with E-state index in [0.717, 1.165) is 70.4 Å². The van der Waals surface area contributed by atoms with Crippen LogP contribution in [0, 0.1) is 28.6 Å². The monoisotopic (exact) mass is 522 g/mol. The molecule has 3 heterocycles. The minimum absolute atomic E-state index is 0.199. The minimum atomic E-state index is 0.199. The van der Waals surface area contributed by atoms with Gasteiger partial charge in [-0.25, -0.2) is 0 Å². The molecule has 2 saturated heterocycles. The molecule has 1 N–H and O–H groups in total. The van der Waals surface area contributed by atoms with Crippen LogP contribution >= 0.6 is 11.6 Å². The van der Waals surface area contributed by atoms with Crippen LogP contribution in [0.2, 0.25) is 5.02 Å². The molecule has 2 aliphatic carbocycles. The number of likely N-dealkylation sites (N-methyl/N-ethyl adjacent to an activating group) is 1. The van der Waals surface area contributed by atoms with Crippen molar-refractivity contribution in [1.82, 2.24) is 15.1 Å². The molecule has 7 nitrogen and oxygen atoms in total. The van der Waals surface area contributed by atoms with Gasteiger partial charge >= 0.3 is 0 Å². The summed E-state index contributed by atoms with van der Waals surface area (Å²) in [7, 11) is 2.13. The molecule has 198 valence electrons. The van der Waals surface area contributed by atoms with Crippen LogP contribution in [0.4, 0.5) is 5.69 Å². The van der Waals surface area contributed by atoms with Gasteiger partial charge in [0.2, 0.25) is 5.91 Å². The number of amidine groups is 1. The van der Waals surface area contributed by atoms with Crippen LogP contribution in [0.3, 0.4) is 0 Å².